The fourth-order valence-corrected chi connectivity index (χ4v) is 2.29. The molecule has 0 atom stereocenters. The van der Waals surface area contributed by atoms with Gasteiger partial charge in [-0.05, 0) is 60.4 Å². The zero-order chi connectivity index (χ0) is 18.2. The van der Waals surface area contributed by atoms with Gasteiger partial charge in [-0.3, -0.25) is 4.79 Å². The summed E-state index contributed by atoms with van der Waals surface area (Å²) in [6.07, 6.45) is 0. The van der Waals surface area contributed by atoms with Crippen LogP contribution in [-0.4, -0.2) is 11.1 Å². The Hall–Kier alpha value is -1.51. The van der Waals surface area contributed by atoms with E-state index in [1.165, 1.54) is 0 Å². The van der Waals surface area contributed by atoms with Crippen molar-refractivity contribution in [2.45, 2.75) is 79.8 Å². The summed E-state index contributed by atoms with van der Waals surface area (Å²) in [6.45, 7) is 18.2. The average Bonchev–Trinajstić information content (AvgIpc) is 2.32. The fraction of sp³-hybridized carbons (Fsp3) is 0.650. The Bertz CT molecular complexity index is 543. The third kappa shape index (κ3) is 4.98. The number of aromatic hydroxyl groups is 1. The highest BCUT2D eigenvalue weighted by Gasteiger charge is 2.27. The molecule has 0 unspecified atom stereocenters. The minimum atomic E-state index is -0.517. The van der Waals surface area contributed by atoms with Gasteiger partial charge in [0.1, 0.15) is 12.4 Å². The molecule has 0 saturated carbocycles. The molecule has 0 aliphatic rings. The van der Waals surface area contributed by atoms with Crippen LogP contribution >= 0.6 is 0 Å². The Labute approximate surface area is 141 Å². The van der Waals surface area contributed by atoms with Crippen LogP contribution in [0.5, 0.6) is 5.75 Å². The lowest BCUT2D eigenvalue weighted by Crippen LogP contribution is -2.23. The van der Waals surface area contributed by atoms with Gasteiger partial charge in [-0.15, -0.1) is 0 Å². The van der Waals surface area contributed by atoms with Crippen LogP contribution in [0.25, 0.3) is 0 Å². The number of benzene rings is 1. The van der Waals surface area contributed by atoms with E-state index in [9.17, 15) is 9.90 Å². The highest BCUT2D eigenvalue weighted by Crippen LogP contribution is 2.39. The number of phenolic OH excluding ortho intramolecular Hbond substituents is 1. The van der Waals surface area contributed by atoms with Gasteiger partial charge in [0, 0.05) is 0 Å². The summed E-state index contributed by atoms with van der Waals surface area (Å²) in [7, 11) is 0. The number of ether oxygens (including phenoxy) is 1. The molecule has 0 amide bonds. The first kappa shape index (κ1) is 19.5. The van der Waals surface area contributed by atoms with Crippen LogP contribution in [0.15, 0.2) is 12.1 Å². The van der Waals surface area contributed by atoms with Crippen molar-refractivity contribution < 1.29 is 14.6 Å². The van der Waals surface area contributed by atoms with Crippen molar-refractivity contribution in [2.75, 3.05) is 0 Å². The number of phenols is 1. The monoisotopic (exact) mass is 320 g/mol. The normalized spacial score (nSPS) is 13.1. The number of rotatable bonds is 2. The number of hydrogen-bond donors (Lipinski definition) is 1. The third-order valence-electron chi connectivity index (χ3n) is 3.77. The maximum absolute atomic E-state index is 12.0. The molecule has 0 saturated heterocycles. The highest BCUT2D eigenvalue weighted by molar-refractivity contribution is 5.75. The van der Waals surface area contributed by atoms with Gasteiger partial charge in [0.25, 0.3) is 0 Å². The van der Waals surface area contributed by atoms with E-state index in [4.69, 9.17) is 4.74 Å². The van der Waals surface area contributed by atoms with E-state index in [0.717, 1.165) is 16.7 Å². The van der Waals surface area contributed by atoms with E-state index in [2.05, 4.69) is 41.5 Å². The molecular formula is C20H32O3. The number of hydrogen-bond acceptors (Lipinski definition) is 3. The molecule has 0 fully saturated rings. The fourth-order valence-electron chi connectivity index (χ4n) is 2.29. The van der Waals surface area contributed by atoms with Gasteiger partial charge in [-0.2, -0.15) is 0 Å². The van der Waals surface area contributed by atoms with Crippen LogP contribution in [0, 0.1) is 5.41 Å². The summed E-state index contributed by atoms with van der Waals surface area (Å²) in [5, 5.41) is 10.7. The van der Waals surface area contributed by atoms with Crippen LogP contribution in [0.2, 0.25) is 0 Å². The van der Waals surface area contributed by atoms with Gasteiger partial charge in [-0.25, -0.2) is 0 Å². The summed E-state index contributed by atoms with van der Waals surface area (Å²) in [4.78, 5) is 12.0. The van der Waals surface area contributed by atoms with E-state index in [1.807, 2.05) is 32.9 Å². The first-order valence-electron chi connectivity index (χ1n) is 8.18. The molecular weight excluding hydrogens is 288 g/mol. The Morgan fingerprint density at radius 3 is 1.61 bits per heavy atom. The van der Waals surface area contributed by atoms with E-state index >= 15 is 0 Å². The highest BCUT2D eigenvalue weighted by atomic mass is 16.5. The maximum atomic E-state index is 12.0. The molecule has 1 aromatic carbocycles. The van der Waals surface area contributed by atoms with E-state index in [-0.39, 0.29) is 23.4 Å². The predicted molar refractivity (Wildman–Crippen MR) is 94.8 cm³/mol. The summed E-state index contributed by atoms with van der Waals surface area (Å²) in [5.41, 5.74) is 1.78. The standard InChI is InChI=1S/C20H32O3/c1-18(2,3)14-10-13(12-23-17(22)20(7,8)9)11-15(16(14)21)19(4,5)6/h10-11,21H,12H2,1-9H3. The van der Waals surface area contributed by atoms with Crippen LogP contribution < -0.4 is 0 Å². The van der Waals surface area contributed by atoms with Gasteiger partial charge in [0.15, 0.2) is 0 Å². The lowest BCUT2D eigenvalue weighted by atomic mass is 9.78. The minimum Gasteiger partial charge on any atom is -0.507 e. The first-order chi connectivity index (χ1) is 10.1. The minimum absolute atomic E-state index is 0.186. The summed E-state index contributed by atoms with van der Waals surface area (Å²) in [5.74, 6) is 0.121. The lowest BCUT2D eigenvalue weighted by molar-refractivity contribution is -0.154. The third-order valence-corrected chi connectivity index (χ3v) is 3.77. The zero-order valence-electron chi connectivity index (χ0n) is 16.1. The Balaban J connectivity index is 3.27. The van der Waals surface area contributed by atoms with Gasteiger partial charge in [0.2, 0.25) is 0 Å². The largest absolute Gasteiger partial charge is 0.507 e. The molecule has 23 heavy (non-hydrogen) atoms. The molecule has 1 aromatic rings. The molecule has 0 aliphatic carbocycles. The van der Waals surface area contributed by atoms with Crippen molar-refractivity contribution >= 4 is 5.97 Å². The summed E-state index contributed by atoms with van der Waals surface area (Å²) < 4.78 is 5.45. The van der Waals surface area contributed by atoms with Gasteiger partial charge in [-0.1, -0.05) is 41.5 Å². The maximum Gasteiger partial charge on any atom is 0.311 e. The van der Waals surface area contributed by atoms with Crippen molar-refractivity contribution in [1.29, 1.82) is 0 Å². The van der Waals surface area contributed by atoms with Crippen molar-refractivity contribution in [3.05, 3.63) is 28.8 Å². The van der Waals surface area contributed by atoms with Crippen molar-refractivity contribution in [3.63, 3.8) is 0 Å². The van der Waals surface area contributed by atoms with Crippen molar-refractivity contribution in [1.82, 2.24) is 0 Å². The second kappa shape index (κ2) is 6.18. The topological polar surface area (TPSA) is 46.5 Å². The molecule has 0 aliphatic heterocycles. The lowest BCUT2D eigenvalue weighted by Gasteiger charge is -2.28. The van der Waals surface area contributed by atoms with Gasteiger partial charge < -0.3 is 9.84 Å². The van der Waals surface area contributed by atoms with Crippen LogP contribution in [0.4, 0.5) is 0 Å². The Morgan fingerprint density at radius 1 is 0.913 bits per heavy atom. The van der Waals surface area contributed by atoms with E-state index in [0.29, 0.717) is 5.75 Å². The first-order valence-corrected chi connectivity index (χ1v) is 8.18. The summed E-state index contributed by atoms with van der Waals surface area (Å²) in [6, 6.07) is 3.89. The smallest absolute Gasteiger partial charge is 0.311 e. The molecule has 3 heteroatoms. The molecule has 0 aromatic heterocycles. The average molecular weight is 320 g/mol. The Kier molecular flexibility index (Phi) is 5.25. The van der Waals surface area contributed by atoms with Crippen LogP contribution in [-0.2, 0) is 27.0 Å². The van der Waals surface area contributed by atoms with Crippen LogP contribution in [0.1, 0.15) is 79.0 Å². The molecule has 3 nitrogen and oxygen atoms in total. The Morgan fingerprint density at radius 2 is 1.30 bits per heavy atom. The van der Waals surface area contributed by atoms with E-state index < -0.39 is 5.41 Å². The molecule has 0 heterocycles. The van der Waals surface area contributed by atoms with Crippen molar-refractivity contribution in [2.24, 2.45) is 5.41 Å². The predicted octanol–water partition coefficient (Wildman–Crippen LogP) is 5.08. The summed E-state index contributed by atoms with van der Waals surface area (Å²) >= 11 is 0. The SMILES string of the molecule is CC(C)(C)C(=O)OCc1cc(C(C)(C)C)c(O)c(C(C)(C)C)c1. The molecule has 0 radical (unpaired) electrons. The molecule has 0 bridgehead atoms. The second-order valence-electron chi connectivity index (χ2n) is 9.37. The molecule has 1 rings (SSSR count). The van der Waals surface area contributed by atoms with Gasteiger partial charge in [0.05, 0.1) is 5.41 Å². The second-order valence-corrected chi connectivity index (χ2v) is 9.37. The zero-order valence-corrected chi connectivity index (χ0v) is 16.1. The van der Waals surface area contributed by atoms with Gasteiger partial charge >= 0.3 is 5.97 Å². The molecule has 1 N–H and O–H groups in total. The number of esters is 1. The van der Waals surface area contributed by atoms with Crippen molar-refractivity contribution in [3.8, 4) is 5.75 Å². The number of carbonyl (C=O) groups is 1. The van der Waals surface area contributed by atoms with Crippen LogP contribution in [0.3, 0.4) is 0 Å². The quantitative estimate of drug-likeness (QED) is 0.773. The molecule has 130 valence electrons. The number of carbonyl (C=O) groups excluding carboxylic acids is 1. The van der Waals surface area contributed by atoms with E-state index in [1.54, 1.807) is 0 Å². The molecule has 0 spiro atoms.